The number of unbranched alkanes of at least 4 members (excludes halogenated alkanes) is 22. The lowest BCUT2D eigenvalue weighted by atomic mass is 9.88. The number of rotatable bonds is 46. The number of phosphoric ester groups is 2. The van der Waals surface area contributed by atoms with Crippen LogP contribution in [0.1, 0.15) is 220 Å². The molecule has 400 valence electrons. The summed E-state index contributed by atoms with van der Waals surface area (Å²) < 4.78 is 48.0. The average Bonchev–Trinajstić information content (AvgIpc) is 3.55. The molecule has 0 saturated heterocycles. The zero-order chi connectivity index (χ0) is 50.5. The minimum Gasteiger partial charge on any atom is -0.462 e. The van der Waals surface area contributed by atoms with E-state index < -0.39 is 78.4 Å². The summed E-state index contributed by atoms with van der Waals surface area (Å²) in [6.07, 6.45) is 29.5. The Morgan fingerprint density at radius 1 is 0.632 bits per heavy atom. The van der Waals surface area contributed by atoms with Crippen LogP contribution in [0.2, 0.25) is 0 Å². The summed E-state index contributed by atoms with van der Waals surface area (Å²) >= 11 is 0. The summed E-state index contributed by atoms with van der Waals surface area (Å²) in [7, 11) is -9.76. The van der Waals surface area contributed by atoms with Crippen molar-refractivity contribution in [3.63, 3.8) is 0 Å². The number of aliphatic hydroxyl groups is 3. The second-order valence-electron chi connectivity index (χ2n) is 19.4. The van der Waals surface area contributed by atoms with Crippen LogP contribution in [0.4, 0.5) is 0 Å². The third-order valence-corrected chi connectivity index (χ3v) is 13.9. The van der Waals surface area contributed by atoms with Gasteiger partial charge in [-0.3, -0.25) is 28.0 Å². The van der Waals surface area contributed by atoms with Crippen LogP contribution in [0.15, 0.2) is 12.2 Å². The van der Waals surface area contributed by atoms with E-state index in [-0.39, 0.29) is 36.9 Å². The van der Waals surface area contributed by atoms with Crippen molar-refractivity contribution in [2.75, 3.05) is 26.4 Å². The smallest absolute Gasteiger partial charge is 0.462 e. The summed E-state index contributed by atoms with van der Waals surface area (Å²) in [6.45, 7) is 3.79. The summed E-state index contributed by atoms with van der Waals surface area (Å²) in [5.74, 6) is -0.994. The normalized spacial score (nSPS) is 18.9. The van der Waals surface area contributed by atoms with Gasteiger partial charge in [-0.2, -0.15) is 0 Å². The number of ether oxygens (including phenoxy) is 2. The molecule has 7 atom stereocenters. The summed E-state index contributed by atoms with van der Waals surface area (Å²) in [6, 6.07) is 0. The largest absolute Gasteiger partial charge is 0.472 e. The van der Waals surface area contributed by atoms with Crippen LogP contribution in [0.5, 0.6) is 0 Å². The van der Waals surface area contributed by atoms with E-state index in [0.717, 1.165) is 57.3 Å². The Balaban J connectivity index is 2.42. The molecule has 0 aromatic carbocycles. The highest BCUT2D eigenvalue weighted by Crippen LogP contribution is 2.44. The number of Topliss-reactive ketones (excluding diaryl/α,β-unsaturated/α-hetero) is 1. The van der Waals surface area contributed by atoms with Gasteiger partial charge in [-0.05, 0) is 31.6 Å². The fourth-order valence-electron chi connectivity index (χ4n) is 8.43. The average molecular weight is 1010 g/mol. The number of carbonyl (C=O) groups is 3. The SMILES string of the molecule is CCCCC[C@H](O)/C=C/[C@H]1[C@H](O)CC(=O)[C@@H]1CCCCCCC(=O)OC[C@H](COP(=O)(O)OC[C@@H](O)COP(=O)(O)O)OC(=O)CCCCCCCCCCCCCCCCCCCCC(C)C. The fourth-order valence-corrected chi connectivity index (χ4v) is 9.59. The first-order chi connectivity index (χ1) is 32.4. The third-order valence-electron chi connectivity index (χ3n) is 12.5. The second kappa shape index (κ2) is 40.0. The first kappa shape index (κ1) is 64.5. The van der Waals surface area contributed by atoms with Crippen molar-refractivity contribution in [3.05, 3.63) is 12.2 Å². The maximum Gasteiger partial charge on any atom is 0.472 e. The monoisotopic (exact) mass is 1010 g/mol. The summed E-state index contributed by atoms with van der Waals surface area (Å²) in [5.41, 5.74) is 0. The zero-order valence-electron chi connectivity index (χ0n) is 42.1. The van der Waals surface area contributed by atoms with E-state index in [9.17, 15) is 43.7 Å². The van der Waals surface area contributed by atoms with Crippen LogP contribution in [0.25, 0.3) is 0 Å². The lowest BCUT2D eigenvalue weighted by molar-refractivity contribution is -0.161. The van der Waals surface area contributed by atoms with Gasteiger partial charge in [0.2, 0.25) is 0 Å². The van der Waals surface area contributed by atoms with E-state index in [4.69, 9.17) is 28.3 Å². The van der Waals surface area contributed by atoms with Crippen molar-refractivity contribution < 1.29 is 76.6 Å². The second-order valence-corrected chi connectivity index (χ2v) is 22.1. The van der Waals surface area contributed by atoms with Gasteiger partial charge in [0.15, 0.2) is 6.10 Å². The number of hydrogen-bond donors (Lipinski definition) is 6. The van der Waals surface area contributed by atoms with Crippen molar-refractivity contribution in [1.82, 2.24) is 0 Å². The van der Waals surface area contributed by atoms with Crippen molar-refractivity contribution in [3.8, 4) is 0 Å². The lowest BCUT2D eigenvalue weighted by Gasteiger charge is -2.20. The Morgan fingerprint density at radius 3 is 1.63 bits per heavy atom. The maximum atomic E-state index is 12.8. The van der Waals surface area contributed by atoms with Crippen LogP contribution < -0.4 is 0 Å². The van der Waals surface area contributed by atoms with Crippen molar-refractivity contribution in [2.24, 2.45) is 17.8 Å². The first-order valence-corrected chi connectivity index (χ1v) is 29.4. The number of aliphatic hydroxyl groups excluding tert-OH is 3. The van der Waals surface area contributed by atoms with Gasteiger partial charge < -0.3 is 39.5 Å². The van der Waals surface area contributed by atoms with Crippen molar-refractivity contribution in [1.29, 1.82) is 0 Å². The lowest BCUT2D eigenvalue weighted by Crippen LogP contribution is -2.30. The Bertz CT molecular complexity index is 1420. The molecule has 0 aromatic rings. The van der Waals surface area contributed by atoms with Crippen molar-refractivity contribution >= 4 is 33.4 Å². The molecule has 0 bridgehead atoms. The Morgan fingerprint density at radius 2 is 1.10 bits per heavy atom. The molecule has 68 heavy (non-hydrogen) atoms. The van der Waals surface area contributed by atoms with E-state index in [1.54, 1.807) is 12.2 Å². The number of ketones is 1. The molecule has 1 aliphatic rings. The molecule has 1 rings (SSSR count). The Labute approximate surface area is 409 Å². The van der Waals surface area contributed by atoms with E-state index >= 15 is 0 Å². The van der Waals surface area contributed by atoms with Gasteiger partial charge in [-0.15, -0.1) is 0 Å². The summed E-state index contributed by atoms with van der Waals surface area (Å²) in [5, 5.41) is 30.6. The van der Waals surface area contributed by atoms with Gasteiger partial charge >= 0.3 is 27.6 Å². The highest BCUT2D eigenvalue weighted by atomic mass is 31.2. The van der Waals surface area contributed by atoms with Crippen LogP contribution in [0, 0.1) is 17.8 Å². The van der Waals surface area contributed by atoms with E-state index in [2.05, 4.69) is 25.3 Å². The molecular weight excluding hydrogens is 918 g/mol. The highest BCUT2D eigenvalue weighted by Gasteiger charge is 2.39. The van der Waals surface area contributed by atoms with Gasteiger partial charge in [-0.25, -0.2) is 9.13 Å². The first-order valence-electron chi connectivity index (χ1n) is 26.3. The number of esters is 2. The molecule has 18 heteroatoms. The highest BCUT2D eigenvalue weighted by molar-refractivity contribution is 7.47. The maximum absolute atomic E-state index is 12.8. The molecule has 1 aliphatic carbocycles. The van der Waals surface area contributed by atoms with E-state index in [0.29, 0.717) is 38.5 Å². The number of hydrogen-bond acceptors (Lipinski definition) is 13. The molecule has 0 radical (unpaired) electrons. The Hall–Kier alpha value is -1.55. The molecule has 0 amide bonds. The molecule has 1 fully saturated rings. The minimum atomic E-state index is -4.90. The molecule has 1 saturated carbocycles. The van der Waals surface area contributed by atoms with Gasteiger partial charge in [-0.1, -0.05) is 187 Å². The predicted molar refractivity (Wildman–Crippen MR) is 263 cm³/mol. The molecule has 0 heterocycles. The van der Waals surface area contributed by atoms with Crippen LogP contribution in [-0.4, -0.2) is 98.6 Å². The standard InChI is InChI=1S/C50H94O16P2/c1-4-5-24-30-42(51)34-35-46-45(47(53)36-48(46)54)31-26-22-23-27-32-49(55)62-39-44(40-65-68(60,61)64-38-43(52)37-63-67(57,58)59)66-50(56)33-28-21-19-17-15-13-11-9-7-6-8-10-12-14-16-18-20-25-29-41(2)3/h34-35,41-46,48,51-52,54H,4-33,36-40H2,1-3H3,(H,60,61)(H2,57,58,59)/b35-34+/t42-,43-,44+,45+,46+,48+/m0/s1. The third kappa shape index (κ3) is 37.3. The molecule has 6 N–H and O–H groups in total. The van der Waals surface area contributed by atoms with Crippen molar-refractivity contribution in [2.45, 2.75) is 244 Å². The van der Waals surface area contributed by atoms with E-state index in [1.165, 1.54) is 89.9 Å². The molecule has 16 nitrogen and oxygen atoms in total. The number of phosphoric acid groups is 2. The Kier molecular flexibility index (Phi) is 37.9. The molecule has 0 spiro atoms. The fraction of sp³-hybridized carbons (Fsp3) is 0.900. The van der Waals surface area contributed by atoms with Crippen LogP contribution in [0.3, 0.4) is 0 Å². The summed E-state index contributed by atoms with van der Waals surface area (Å²) in [4.78, 5) is 65.8. The number of carbonyl (C=O) groups excluding carboxylic acids is 3. The predicted octanol–water partition coefficient (Wildman–Crippen LogP) is 10.9. The van der Waals surface area contributed by atoms with Gasteiger partial charge in [0.25, 0.3) is 0 Å². The van der Waals surface area contributed by atoms with Gasteiger partial charge in [0.1, 0.15) is 18.5 Å². The zero-order valence-corrected chi connectivity index (χ0v) is 43.9. The van der Waals surface area contributed by atoms with Gasteiger partial charge in [0, 0.05) is 31.1 Å². The molecule has 1 unspecified atom stereocenters. The van der Waals surface area contributed by atoms with E-state index in [1.807, 2.05) is 0 Å². The minimum absolute atomic E-state index is 0.0144. The quantitative estimate of drug-likeness (QED) is 0.0143. The van der Waals surface area contributed by atoms with Gasteiger partial charge in [0.05, 0.1) is 32.0 Å². The topological polar surface area (TPSA) is 253 Å². The molecular formula is C50H94O16P2. The van der Waals surface area contributed by atoms with Crippen LogP contribution in [-0.2, 0) is 46.6 Å². The van der Waals surface area contributed by atoms with Crippen LogP contribution >= 0.6 is 15.6 Å². The molecule has 0 aromatic heterocycles. The molecule has 0 aliphatic heterocycles.